The number of nitrogens with zero attached hydrogens (tertiary/aromatic N) is 2. The van der Waals surface area contributed by atoms with Gasteiger partial charge >= 0.3 is 0 Å². The molecule has 0 unspecified atom stereocenters. The second-order valence-electron chi connectivity index (χ2n) is 5.69. The number of carbonyl (C=O) groups is 1. The molecule has 0 saturated heterocycles. The van der Waals surface area contributed by atoms with Crippen molar-refractivity contribution in [2.45, 2.75) is 24.2 Å². The number of benzene rings is 1. The van der Waals surface area contributed by atoms with Gasteiger partial charge in [0.1, 0.15) is 10.8 Å². The number of rotatable bonds is 5. The highest BCUT2D eigenvalue weighted by molar-refractivity contribution is 7.91. The minimum absolute atomic E-state index is 0.0343. The Morgan fingerprint density at radius 2 is 2.08 bits per heavy atom. The number of nitrogens with one attached hydrogen (secondary N) is 1. The van der Waals surface area contributed by atoms with E-state index in [0.717, 1.165) is 16.9 Å². The second-order valence-corrected chi connectivity index (χ2v) is 8.65. The zero-order valence-corrected chi connectivity index (χ0v) is 15.4. The number of carbonyl (C=O) groups excluding carboxylic acids is 1. The van der Waals surface area contributed by atoms with Gasteiger partial charge in [-0.2, -0.15) is 0 Å². The van der Waals surface area contributed by atoms with E-state index in [1.807, 2.05) is 13.0 Å². The highest BCUT2D eigenvalue weighted by atomic mass is 32.2. The van der Waals surface area contributed by atoms with Gasteiger partial charge in [0.25, 0.3) is 5.56 Å². The van der Waals surface area contributed by atoms with E-state index >= 15 is 0 Å². The van der Waals surface area contributed by atoms with Crippen LogP contribution in [-0.2, 0) is 27.9 Å². The van der Waals surface area contributed by atoms with Crippen LogP contribution in [-0.4, -0.2) is 23.9 Å². The van der Waals surface area contributed by atoms with Gasteiger partial charge < -0.3 is 5.32 Å². The largest absolute Gasteiger partial charge is 0.350 e. The fourth-order valence-corrected chi connectivity index (χ4v) is 4.17. The molecule has 0 spiro atoms. The van der Waals surface area contributed by atoms with Crippen molar-refractivity contribution in [2.75, 3.05) is 0 Å². The molecule has 0 fully saturated rings. The molecule has 1 amide bonds. The van der Waals surface area contributed by atoms with Crippen LogP contribution in [0.4, 0.5) is 0 Å². The van der Waals surface area contributed by atoms with Crippen molar-refractivity contribution in [1.29, 1.82) is 0 Å². The molecule has 0 atom stereocenters. The molecule has 3 rings (SSSR count). The minimum Gasteiger partial charge on any atom is -0.350 e. The van der Waals surface area contributed by atoms with Gasteiger partial charge in [0.2, 0.25) is 15.9 Å². The first-order valence-corrected chi connectivity index (χ1v) is 9.95. The number of aryl methyl sites for hydroxylation is 1. The maximum absolute atomic E-state index is 12.5. The molecule has 0 saturated carbocycles. The van der Waals surface area contributed by atoms with E-state index < -0.39 is 10.0 Å². The summed E-state index contributed by atoms with van der Waals surface area (Å²) in [7, 11) is -3.75. The topological polar surface area (TPSA) is 124 Å². The smallest absolute Gasteiger partial charge is 0.261 e. The van der Waals surface area contributed by atoms with E-state index in [9.17, 15) is 18.0 Å². The van der Waals surface area contributed by atoms with Crippen molar-refractivity contribution in [1.82, 2.24) is 14.9 Å². The Labute approximate surface area is 153 Å². The number of nitrogens with two attached hydrogens (primary N) is 1. The molecule has 2 aromatic heterocycles. The van der Waals surface area contributed by atoms with Crippen molar-refractivity contribution < 1.29 is 13.2 Å². The minimum atomic E-state index is -3.75. The van der Waals surface area contributed by atoms with E-state index in [0.29, 0.717) is 15.8 Å². The van der Waals surface area contributed by atoms with E-state index in [1.54, 1.807) is 18.2 Å². The summed E-state index contributed by atoms with van der Waals surface area (Å²) in [6.07, 6.45) is 1.35. The van der Waals surface area contributed by atoms with Crippen LogP contribution < -0.4 is 16.0 Å². The zero-order chi connectivity index (χ0) is 18.9. The first-order chi connectivity index (χ1) is 12.3. The number of thiophene rings is 1. The van der Waals surface area contributed by atoms with E-state index in [-0.39, 0.29) is 28.8 Å². The third kappa shape index (κ3) is 3.82. The lowest BCUT2D eigenvalue weighted by molar-refractivity contribution is -0.121. The van der Waals surface area contributed by atoms with Crippen LogP contribution in [0.25, 0.3) is 10.9 Å². The van der Waals surface area contributed by atoms with Crippen LogP contribution in [0.3, 0.4) is 0 Å². The summed E-state index contributed by atoms with van der Waals surface area (Å²) in [5.74, 6) is -0.383. The fraction of sp³-hybridized carbons (Fsp3) is 0.188. The zero-order valence-electron chi connectivity index (χ0n) is 13.8. The molecule has 10 heteroatoms. The number of hydrogen-bond acceptors (Lipinski definition) is 6. The summed E-state index contributed by atoms with van der Waals surface area (Å²) in [6.45, 7) is 1.83. The standard InChI is InChI=1S/C16H16N4O4S2/c1-10-3-2-4-12-15(10)19-9-20(16(12)22)8-13(21)18-7-11-5-6-14(25-11)26(17,23)24/h2-6,9H,7-8H2,1H3,(H,18,21)(H2,17,23,24). The summed E-state index contributed by atoms with van der Waals surface area (Å²) >= 11 is 0.986. The van der Waals surface area contributed by atoms with Crippen LogP contribution in [0.2, 0.25) is 0 Å². The van der Waals surface area contributed by atoms with E-state index in [2.05, 4.69) is 10.3 Å². The van der Waals surface area contributed by atoms with Gasteiger partial charge in [-0.25, -0.2) is 18.5 Å². The molecule has 136 valence electrons. The van der Waals surface area contributed by atoms with Gasteiger partial charge in [-0.1, -0.05) is 12.1 Å². The van der Waals surface area contributed by atoms with Crippen molar-refractivity contribution in [2.24, 2.45) is 5.14 Å². The molecular weight excluding hydrogens is 376 g/mol. The average molecular weight is 392 g/mol. The third-order valence-electron chi connectivity index (χ3n) is 3.75. The van der Waals surface area contributed by atoms with Crippen LogP contribution >= 0.6 is 11.3 Å². The maximum atomic E-state index is 12.5. The second kappa shape index (κ2) is 6.98. The first-order valence-electron chi connectivity index (χ1n) is 7.58. The number of primary sulfonamides is 1. The summed E-state index contributed by atoms with van der Waals surface area (Å²) in [6, 6.07) is 8.28. The lowest BCUT2D eigenvalue weighted by atomic mass is 10.1. The van der Waals surface area contributed by atoms with Gasteiger partial charge in [0.05, 0.1) is 23.8 Å². The molecule has 0 aliphatic rings. The van der Waals surface area contributed by atoms with Gasteiger partial charge in [-0.3, -0.25) is 14.2 Å². The van der Waals surface area contributed by atoms with Gasteiger partial charge in [0.15, 0.2) is 0 Å². The Bertz CT molecular complexity index is 1150. The molecule has 0 radical (unpaired) electrons. The molecule has 0 bridgehead atoms. The molecule has 8 nitrogen and oxygen atoms in total. The Kier molecular flexibility index (Phi) is 4.90. The van der Waals surface area contributed by atoms with Crippen molar-refractivity contribution in [3.05, 3.63) is 57.5 Å². The number of aromatic nitrogens is 2. The lowest BCUT2D eigenvalue weighted by Crippen LogP contribution is -2.32. The highest BCUT2D eigenvalue weighted by Crippen LogP contribution is 2.19. The lowest BCUT2D eigenvalue weighted by Gasteiger charge is -2.08. The van der Waals surface area contributed by atoms with Gasteiger partial charge in [0, 0.05) is 4.88 Å². The molecule has 3 aromatic rings. The van der Waals surface area contributed by atoms with E-state index in [1.165, 1.54) is 17.0 Å². The van der Waals surface area contributed by atoms with E-state index in [4.69, 9.17) is 5.14 Å². The Balaban J connectivity index is 1.71. The summed E-state index contributed by atoms with van der Waals surface area (Å²) in [5, 5.41) is 8.15. The summed E-state index contributed by atoms with van der Waals surface area (Å²) < 4.78 is 23.8. The number of fused-ring (bicyclic) bond motifs is 1. The molecule has 26 heavy (non-hydrogen) atoms. The molecule has 2 heterocycles. The SMILES string of the molecule is Cc1cccc2c(=O)n(CC(=O)NCc3ccc(S(N)(=O)=O)s3)cnc12. The quantitative estimate of drug-likeness (QED) is 0.662. The van der Waals surface area contributed by atoms with Crippen LogP contribution in [0.15, 0.2) is 45.7 Å². The van der Waals surface area contributed by atoms with Crippen molar-refractivity contribution >= 4 is 38.2 Å². The number of para-hydroxylation sites is 1. The first kappa shape index (κ1) is 18.2. The van der Waals surface area contributed by atoms with Gasteiger partial charge in [-0.05, 0) is 30.7 Å². The Hall–Kier alpha value is -2.56. The number of amides is 1. The van der Waals surface area contributed by atoms with Crippen LogP contribution in [0.5, 0.6) is 0 Å². The van der Waals surface area contributed by atoms with Gasteiger partial charge in [-0.15, -0.1) is 11.3 Å². The predicted molar refractivity (Wildman–Crippen MR) is 98.3 cm³/mol. The molecule has 0 aliphatic carbocycles. The maximum Gasteiger partial charge on any atom is 0.261 e. The molecule has 1 aromatic carbocycles. The highest BCUT2D eigenvalue weighted by Gasteiger charge is 2.13. The van der Waals surface area contributed by atoms with Crippen LogP contribution in [0, 0.1) is 6.92 Å². The number of hydrogen-bond donors (Lipinski definition) is 2. The normalized spacial score (nSPS) is 11.6. The van der Waals surface area contributed by atoms with Crippen molar-refractivity contribution in [3.8, 4) is 0 Å². The molecular formula is C16H16N4O4S2. The number of sulfonamides is 1. The molecule has 0 aliphatic heterocycles. The summed E-state index contributed by atoms with van der Waals surface area (Å²) in [4.78, 5) is 29.5. The summed E-state index contributed by atoms with van der Waals surface area (Å²) in [5.41, 5.74) is 1.21. The third-order valence-corrected chi connectivity index (χ3v) is 6.27. The predicted octanol–water partition coefficient (Wildman–Crippen LogP) is 0.730. The average Bonchev–Trinajstić information content (AvgIpc) is 3.05. The Morgan fingerprint density at radius 1 is 1.31 bits per heavy atom. The molecule has 3 N–H and O–H groups in total. The fourth-order valence-electron chi connectivity index (χ4n) is 2.45. The van der Waals surface area contributed by atoms with Crippen LogP contribution in [0.1, 0.15) is 10.4 Å². The monoisotopic (exact) mass is 392 g/mol. The van der Waals surface area contributed by atoms with Crippen molar-refractivity contribution in [3.63, 3.8) is 0 Å². The Morgan fingerprint density at radius 3 is 2.77 bits per heavy atom.